The van der Waals surface area contributed by atoms with Crippen LogP contribution in [-0.4, -0.2) is 38.8 Å². The van der Waals surface area contributed by atoms with E-state index in [0.29, 0.717) is 33.8 Å². The van der Waals surface area contributed by atoms with Crippen molar-refractivity contribution in [3.05, 3.63) is 76.7 Å². The summed E-state index contributed by atoms with van der Waals surface area (Å²) in [5.74, 6) is 0.329. The van der Waals surface area contributed by atoms with Crippen LogP contribution in [0.4, 0.5) is 16.2 Å². The van der Waals surface area contributed by atoms with E-state index < -0.39 is 12.2 Å². The number of aromatic amines is 2. The van der Waals surface area contributed by atoms with E-state index in [1.807, 2.05) is 30.3 Å². The first kappa shape index (κ1) is 22.1. The number of nitrogens with one attached hydrogen (secondary N) is 4. The molecule has 1 atom stereocenters. The Balaban J connectivity index is 1.64. The van der Waals surface area contributed by atoms with Crippen LogP contribution >= 0.6 is 0 Å². The van der Waals surface area contributed by atoms with Crippen molar-refractivity contribution < 1.29 is 14.6 Å². The lowest BCUT2D eigenvalue weighted by atomic mass is 10.1. The van der Waals surface area contributed by atoms with Crippen molar-refractivity contribution in [3.63, 3.8) is 0 Å². The number of para-hydroxylation sites is 1. The Morgan fingerprint density at radius 3 is 2.64 bits per heavy atom. The van der Waals surface area contributed by atoms with Crippen molar-refractivity contribution in [2.45, 2.75) is 26.1 Å². The molecular formula is C24H25N5O4. The zero-order chi connectivity index (χ0) is 23.4. The van der Waals surface area contributed by atoms with Gasteiger partial charge in [-0.3, -0.25) is 10.1 Å². The monoisotopic (exact) mass is 447 g/mol. The molecule has 4 rings (SSSR count). The third-order valence-corrected chi connectivity index (χ3v) is 4.97. The van der Waals surface area contributed by atoms with E-state index in [9.17, 15) is 14.7 Å². The summed E-state index contributed by atoms with van der Waals surface area (Å²) in [5.41, 5.74) is 2.85. The standard InChI is InChI=1S/C24H25N5O4/c1-14(2)33-24(32)28-18-10-6-9-17-21(18)29-22(27-17)20-16(11-12-25-23(20)31)26-13-19(30)15-7-4-3-5-8-15/h3-12,14,19,30H,13H2,1-2H3,(H,27,29)(H,28,32)(H2,25,26,31)/t19-/m0/s1. The molecule has 2 heterocycles. The van der Waals surface area contributed by atoms with E-state index in [1.165, 1.54) is 6.20 Å². The molecule has 0 aliphatic heterocycles. The number of benzene rings is 2. The second-order valence-corrected chi connectivity index (χ2v) is 7.77. The summed E-state index contributed by atoms with van der Waals surface area (Å²) in [6, 6.07) is 16.2. The van der Waals surface area contributed by atoms with Crippen LogP contribution in [-0.2, 0) is 4.74 Å². The molecule has 9 nitrogen and oxygen atoms in total. The lowest BCUT2D eigenvalue weighted by Gasteiger charge is -2.14. The highest BCUT2D eigenvalue weighted by Crippen LogP contribution is 2.28. The molecule has 0 fully saturated rings. The van der Waals surface area contributed by atoms with Gasteiger partial charge in [0, 0.05) is 12.7 Å². The Labute approximate surface area is 189 Å². The predicted molar refractivity (Wildman–Crippen MR) is 127 cm³/mol. The smallest absolute Gasteiger partial charge is 0.411 e. The fraction of sp³-hybridized carbons (Fsp3) is 0.208. The van der Waals surface area contributed by atoms with Gasteiger partial charge in [0.05, 0.1) is 34.6 Å². The first-order valence-electron chi connectivity index (χ1n) is 10.6. The van der Waals surface area contributed by atoms with E-state index >= 15 is 0 Å². The van der Waals surface area contributed by atoms with Crippen LogP contribution in [0.15, 0.2) is 65.6 Å². The summed E-state index contributed by atoms with van der Waals surface area (Å²) in [6.07, 6.45) is -0.0646. The molecule has 170 valence electrons. The number of carbonyl (C=O) groups excluding carboxylic acids is 1. The summed E-state index contributed by atoms with van der Waals surface area (Å²) in [7, 11) is 0. The third-order valence-electron chi connectivity index (χ3n) is 4.97. The number of rotatable bonds is 7. The van der Waals surface area contributed by atoms with Gasteiger partial charge in [0.1, 0.15) is 11.4 Å². The molecule has 0 saturated heterocycles. The van der Waals surface area contributed by atoms with E-state index in [-0.39, 0.29) is 18.2 Å². The Bertz CT molecular complexity index is 1310. The van der Waals surface area contributed by atoms with Crippen molar-refractivity contribution in [2.75, 3.05) is 17.2 Å². The van der Waals surface area contributed by atoms with Gasteiger partial charge >= 0.3 is 6.09 Å². The number of aromatic nitrogens is 3. The summed E-state index contributed by atoms with van der Waals surface area (Å²) in [4.78, 5) is 35.1. The average molecular weight is 447 g/mol. The number of hydrogen-bond acceptors (Lipinski definition) is 6. The van der Waals surface area contributed by atoms with Gasteiger partial charge in [-0.15, -0.1) is 0 Å². The highest BCUT2D eigenvalue weighted by Gasteiger charge is 2.17. The Morgan fingerprint density at radius 1 is 1.09 bits per heavy atom. The van der Waals surface area contributed by atoms with Gasteiger partial charge in [0.2, 0.25) is 0 Å². The maximum Gasteiger partial charge on any atom is 0.411 e. The van der Waals surface area contributed by atoms with Crippen molar-refractivity contribution >= 4 is 28.5 Å². The van der Waals surface area contributed by atoms with Crippen molar-refractivity contribution in [1.29, 1.82) is 0 Å². The number of carbonyl (C=O) groups is 1. The first-order chi connectivity index (χ1) is 15.9. The van der Waals surface area contributed by atoms with Gasteiger partial charge < -0.3 is 25.1 Å². The van der Waals surface area contributed by atoms with E-state index in [2.05, 4.69) is 25.6 Å². The van der Waals surface area contributed by atoms with Gasteiger partial charge in [0.25, 0.3) is 5.56 Å². The molecule has 33 heavy (non-hydrogen) atoms. The predicted octanol–water partition coefficient (Wildman–Crippen LogP) is 4.02. The number of anilines is 2. The molecular weight excluding hydrogens is 422 g/mol. The summed E-state index contributed by atoms with van der Waals surface area (Å²) in [6.45, 7) is 3.73. The highest BCUT2D eigenvalue weighted by molar-refractivity contribution is 5.98. The SMILES string of the molecule is CC(C)OC(=O)Nc1cccc2nc(-c3c(NC[C@H](O)c4ccccc4)cc[nH]c3=O)[nH]c12. The summed E-state index contributed by atoms with van der Waals surface area (Å²) in [5, 5.41) is 16.3. The van der Waals surface area contributed by atoms with E-state index in [0.717, 1.165) is 5.56 Å². The lowest BCUT2D eigenvalue weighted by molar-refractivity contribution is 0.130. The van der Waals surface area contributed by atoms with Gasteiger partial charge in [-0.25, -0.2) is 9.78 Å². The molecule has 2 aromatic heterocycles. The fourth-order valence-corrected chi connectivity index (χ4v) is 3.47. The molecule has 0 aliphatic rings. The van der Waals surface area contributed by atoms with Crippen LogP contribution < -0.4 is 16.2 Å². The molecule has 4 aromatic rings. The number of hydrogen-bond donors (Lipinski definition) is 5. The van der Waals surface area contributed by atoms with Crippen LogP contribution in [0.5, 0.6) is 0 Å². The van der Waals surface area contributed by atoms with E-state index in [4.69, 9.17) is 4.74 Å². The van der Waals surface area contributed by atoms with Crippen molar-refractivity contribution in [1.82, 2.24) is 15.0 Å². The number of aliphatic hydroxyl groups excluding tert-OH is 1. The second-order valence-electron chi connectivity index (χ2n) is 7.77. The van der Waals surface area contributed by atoms with Gasteiger partial charge in [0.15, 0.2) is 0 Å². The van der Waals surface area contributed by atoms with Crippen LogP contribution in [0.2, 0.25) is 0 Å². The molecule has 1 amide bonds. The molecule has 0 saturated carbocycles. The number of aliphatic hydroxyl groups is 1. The quantitative estimate of drug-likeness (QED) is 0.291. The molecule has 2 aromatic carbocycles. The first-order valence-corrected chi connectivity index (χ1v) is 10.6. The van der Waals surface area contributed by atoms with Crippen molar-refractivity contribution in [2.24, 2.45) is 0 Å². The van der Waals surface area contributed by atoms with Crippen molar-refractivity contribution in [3.8, 4) is 11.4 Å². The maximum absolute atomic E-state index is 12.7. The molecule has 0 unspecified atom stereocenters. The van der Waals surface area contributed by atoms with E-state index in [1.54, 1.807) is 38.1 Å². The number of amides is 1. The normalized spacial score (nSPS) is 12.0. The highest BCUT2D eigenvalue weighted by atomic mass is 16.6. The Morgan fingerprint density at radius 2 is 1.88 bits per heavy atom. The molecule has 0 radical (unpaired) electrons. The minimum Gasteiger partial charge on any atom is -0.447 e. The fourth-order valence-electron chi connectivity index (χ4n) is 3.47. The maximum atomic E-state index is 12.7. The average Bonchev–Trinajstić information content (AvgIpc) is 3.22. The largest absolute Gasteiger partial charge is 0.447 e. The topological polar surface area (TPSA) is 132 Å². The molecule has 0 bridgehead atoms. The lowest BCUT2D eigenvalue weighted by Crippen LogP contribution is -2.18. The molecule has 0 aliphatic carbocycles. The second kappa shape index (κ2) is 9.58. The Hall–Kier alpha value is -4.11. The molecule has 0 spiro atoms. The summed E-state index contributed by atoms with van der Waals surface area (Å²) < 4.78 is 5.15. The molecule has 9 heteroatoms. The Kier molecular flexibility index (Phi) is 6.41. The number of nitrogens with zero attached hydrogens (tertiary/aromatic N) is 1. The van der Waals surface area contributed by atoms with Gasteiger partial charge in [-0.2, -0.15) is 0 Å². The number of imidazole rings is 1. The van der Waals surface area contributed by atoms with Crippen LogP contribution in [0.1, 0.15) is 25.5 Å². The van der Waals surface area contributed by atoms with Gasteiger partial charge in [-0.1, -0.05) is 36.4 Å². The number of H-pyrrole nitrogens is 2. The number of fused-ring (bicyclic) bond motifs is 1. The zero-order valence-corrected chi connectivity index (χ0v) is 18.3. The van der Waals surface area contributed by atoms with Crippen LogP contribution in [0, 0.1) is 0 Å². The number of pyridine rings is 1. The van der Waals surface area contributed by atoms with Gasteiger partial charge in [-0.05, 0) is 37.6 Å². The molecule has 5 N–H and O–H groups in total. The third kappa shape index (κ3) is 5.04. The zero-order valence-electron chi connectivity index (χ0n) is 18.3. The minimum absolute atomic E-state index is 0.203. The minimum atomic E-state index is -0.753. The summed E-state index contributed by atoms with van der Waals surface area (Å²) >= 11 is 0. The van der Waals surface area contributed by atoms with Crippen LogP contribution in [0.3, 0.4) is 0 Å². The number of ether oxygens (including phenoxy) is 1. The van der Waals surface area contributed by atoms with Crippen LogP contribution in [0.25, 0.3) is 22.4 Å².